The molecule has 0 saturated carbocycles. The highest BCUT2D eigenvalue weighted by Crippen LogP contribution is 2.49. The van der Waals surface area contributed by atoms with Crippen molar-refractivity contribution >= 4 is 11.8 Å². The minimum Gasteiger partial charge on any atom is -0.360 e. The number of nitrogens with zero attached hydrogens (tertiary/aromatic N) is 4. The number of rotatable bonds is 5. The van der Waals surface area contributed by atoms with Crippen molar-refractivity contribution in [3.8, 4) is 0 Å². The molecule has 0 radical (unpaired) electrons. The van der Waals surface area contributed by atoms with Crippen LogP contribution >= 0.6 is 11.8 Å². The number of likely N-dealkylation sites (tertiary alicyclic amines) is 1. The molecular weight excluding hydrogens is 416 g/mol. The number of hydroxylamine groups is 2. The highest BCUT2D eigenvalue weighted by molar-refractivity contribution is 8.00. The van der Waals surface area contributed by atoms with Gasteiger partial charge in [-0.1, -0.05) is 0 Å². The van der Waals surface area contributed by atoms with Crippen LogP contribution in [0.4, 0.5) is 0 Å². The zero-order valence-corrected chi connectivity index (χ0v) is 19.3. The van der Waals surface area contributed by atoms with Gasteiger partial charge in [0.05, 0.1) is 25.3 Å². The summed E-state index contributed by atoms with van der Waals surface area (Å²) in [5.74, 6) is 0.671. The molecule has 0 spiro atoms. The first-order valence-electron chi connectivity index (χ1n) is 12.2. The molecule has 0 aromatic rings. The number of hydrazine groups is 1. The molecule has 176 valence electrons. The van der Waals surface area contributed by atoms with E-state index in [1.165, 1.54) is 12.8 Å². The summed E-state index contributed by atoms with van der Waals surface area (Å²) in [4.78, 5) is 9.23. The maximum absolute atomic E-state index is 6.52. The number of hydrogen-bond donors (Lipinski definition) is 4. The average Bonchev–Trinajstić information content (AvgIpc) is 3.66. The van der Waals surface area contributed by atoms with Crippen molar-refractivity contribution < 1.29 is 9.57 Å². The summed E-state index contributed by atoms with van der Waals surface area (Å²) in [6, 6.07) is 0. The van der Waals surface area contributed by atoms with E-state index in [2.05, 4.69) is 41.2 Å². The summed E-state index contributed by atoms with van der Waals surface area (Å²) in [5.41, 5.74) is -0.389. The first-order valence-corrected chi connectivity index (χ1v) is 13.3. The predicted octanol–water partition coefficient (Wildman–Crippen LogP) is -1.60. The quantitative estimate of drug-likeness (QED) is 0.388. The molecule has 6 saturated heterocycles. The van der Waals surface area contributed by atoms with Crippen LogP contribution in [0.5, 0.6) is 0 Å². The van der Waals surface area contributed by atoms with Gasteiger partial charge in [0.15, 0.2) is 5.79 Å². The predicted molar refractivity (Wildman–Crippen MR) is 120 cm³/mol. The van der Waals surface area contributed by atoms with Crippen LogP contribution < -0.4 is 21.3 Å². The molecule has 0 aliphatic carbocycles. The minimum absolute atomic E-state index is 0.0845. The fraction of sp³-hybridized carbons (Fsp3) is 1.00. The Balaban J connectivity index is 1.55. The van der Waals surface area contributed by atoms with Crippen molar-refractivity contribution in [3.05, 3.63) is 0 Å². The molecular formula is C20H38N8O2S. The van der Waals surface area contributed by atoms with Gasteiger partial charge in [-0.05, 0) is 19.3 Å². The molecule has 0 aromatic carbocycles. The summed E-state index contributed by atoms with van der Waals surface area (Å²) in [6.07, 6.45) is 3.46. The standard InChI is InChI=1S/C20H38N8O2S/c1-2-9-25(8-1)20(28-10-3-13-30-28)19(17-22-6-14-29-17,18-23-7-15-31-18)24-5-12-27(20)26-11-4-21-16-26/h17-18,21-24H,1-16H2. The Kier molecular flexibility index (Phi) is 6.20. The fourth-order valence-corrected chi connectivity index (χ4v) is 7.98. The lowest BCUT2D eigenvalue weighted by Crippen LogP contribution is -2.93. The molecule has 11 heteroatoms. The van der Waals surface area contributed by atoms with Crippen molar-refractivity contribution in [2.24, 2.45) is 0 Å². The van der Waals surface area contributed by atoms with E-state index in [0.717, 1.165) is 91.0 Å². The first kappa shape index (κ1) is 21.5. The van der Waals surface area contributed by atoms with E-state index >= 15 is 0 Å². The summed E-state index contributed by atoms with van der Waals surface area (Å²) in [7, 11) is 0. The molecule has 6 aliphatic heterocycles. The van der Waals surface area contributed by atoms with Crippen LogP contribution in [0.25, 0.3) is 0 Å². The Morgan fingerprint density at radius 2 is 1.81 bits per heavy atom. The van der Waals surface area contributed by atoms with Gasteiger partial charge >= 0.3 is 0 Å². The Morgan fingerprint density at radius 1 is 0.871 bits per heavy atom. The molecule has 0 bridgehead atoms. The van der Waals surface area contributed by atoms with E-state index in [4.69, 9.17) is 9.57 Å². The lowest BCUT2D eigenvalue weighted by atomic mass is 9.82. The molecule has 6 aliphatic rings. The van der Waals surface area contributed by atoms with E-state index in [9.17, 15) is 0 Å². The summed E-state index contributed by atoms with van der Waals surface area (Å²) < 4.78 is 6.50. The van der Waals surface area contributed by atoms with Crippen molar-refractivity contribution in [1.29, 1.82) is 0 Å². The van der Waals surface area contributed by atoms with Gasteiger partial charge in [-0.15, -0.1) is 11.8 Å². The van der Waals surface area contributed by atoms with Crippen LogP contribution in [-0.2, 0) is 9.57 Å². The van der Waals surface area contributed by atoms with Crippen molar-refractivity contribution in [1.82, 2.24) is 41.2 Å². The third kappa shape index (κ3) is 3.24. The van der Waals surface area contributed by atoms with Crippen LogP contribution in [0.1, 0.15) is 19.3 Å². The summed E-state index contributed by atoms with van der Waals surface area (Å²) in [5, 5.41) is 23.0. The summed E-state index contributed by atoms with van der Waals surface area (Å²) >= 11 is 2.04. The lowest BCUT2D eigenvalue weighted by molar-refractivity contribution is -0.376. The largest absolute Gasteiger partial charge is 0.360 e. The van der Waals surface area contributed by atoms with Gasteiger partial charge in [-0.3, -0.25) is 15.1 Å². The monoisotopic (exact) mass is 454 g/mol. The lowest BCUT2D eigenvalue weighted by Gasteiger charge is -2.68. The van der Waals surface area contributed by atoms with E-state index < -0.39 is 5.79 Å². The third-order valence-electron chi connectivity index (χ3n) is 7.75. The van der Waals surface area contributed by atoms with Crippen LogP contribution in [0.15, 0.2) is 0 Å². The van der Waals surface area contributed by atoms with Crippen LogP contribution in [0.3, 0.4) is 0 Å². The molecule has 6 rings (SSSR count). The van der Waals surface area contributed by atoms with Crippen molar-refractivity contribution in [2.45, 2.75) is 42.2 Å². The Bertz CT molecular complexity index is 582. The van der Waals surface area contributed by atoms with Crippen LogP contribution in [-0.4, -0.2) is 127 Å². The van der Waals surface area contributed by atoms with Crippen molar-refractivity contribution in [3.63, 3.8) is 0 Å². The average molecular weight is 455 g/mol. The van der Waals surface area contributed by atoms with E-state index in [1.54, 1.807) is 0 Å². The molecule has 6 fully saturated rings. The summed E-state index contributed by atoms with van der Waals surface area (Å²) in [6.45, 7) is 11.5. The number of thioether (sulfide) groups is 1. The molecule has 4 atom stereocenters. The maximum atomic E-state index is 6.52. The Morgan fingerprint density at radius 3 is 2.48 bits per heavy atom. The number of hydrogen-bond acceptors (Lipinski definition) is 11. The van der Waals surface area contributed by atoms with Crippen LogP contribution in [0.2, 0.25) is 0 Å². The van der Waals surface area contributed by atoms with E-state index in [0.29, 0.717) is 0 Å². The second kappa shape index (κ2) is 8.95. The highest BCUT2D eigenvalue weighted by Gasteiger charge is 2.72. The molecule has 0 amide bonds. The first-order chi connectivity index (χ1) is 15.4. The smallest absolute Gasteiger partial charge is 0.191 e. The SMILES string of the molecule is C1CCN(C2(N3CCCO3)N(N3CCNC3)CCNC2(C2NCCO2)C2NCCS2)C1. The number of nitrogens with one attached hydrogen (secondary N) is 4. The van der Waals surface area contributed by atoms with Crippen LogP contribution in [0, 0.1) is 0 Å². The van der Waals surface area contributed by atoms with E-state index in [1.807, 2.05) is 11.8 Å². The molecule has 6 heterocycles. The molecule has 4 N–H and O–H groups in total. The second-order valence-corrected chi connectivity index (χ2v) is 10.5. The number of ether oxygens (including phenoxy) is 1. The normalized spacial score (nSPS) is 44.1. The van der Waals surface area contributed by atoms with Gasteiger partial charge in [0.2, 0.25) is 0 Å². The number of piperazine rings is 1. The van der Waals surface area contributed by atoms with Gasteiger partial charge in [-0.25, -0.2) is 10.0 Å². The van der Waals surface area contributed by atoms with Gasteiger partial charge in [0, 0.05) is 64.7 Å². The minimum atomic E-state index is -0.457. The zero-order valence-electron chi connectivity index (χ0n) is 18.5. The maximum Gasteiger partial charge on any atom is 0.191 e. The van der Waals surface area contributed by atoms with Gasteiger partial charge in [0.25, 0.3) is 0 Å². The fourth-order valence-electron chi connectivity index (χ4n) is 6.65. The van der Waals surface area contributed by atoms with E-state index in [-0.39, 0.29) is 17.1 Å². The Hall–Kier alpha value is -0.0500. The Labute approximate surface area is 189 Å². The topological polar surface area (TPSA) is 79.5 Å². The molecule has 31 heavy (non-hydrogen) atoms. The highest BCUT2D eigenvalue weighted by atomic mass is 32.2. The van der Waals surface area contributed by atoms with Gasteiger partial charge in [0.1, 0.15) is 11.8 Å². The second-order valence-electron chi connectivity index (χ2n) is 9.34. The van der Waals surface area contributed by atoms with Gasteiger partial charge in [-0.2, -0.15) is 5.06 Å². The molecule has 4 unspecified atom stereocenters. The zero-order chi connectivity index (χ0) is 20.7. The van der Waals surface area contributed by atoms with Gasteiger partial charge < -0.3 is 20.7 Å². The molecule has 0 aromatic heterocycles. The third-order valence-corrected chi connectivity index (χ3v) is 9.06. The van der Waals surface area contributed by atoms with Crippen molar-refractivity contribution in [2.75, 3.05) is 84.5 Å². The molecule has 10 nitrogen and oxygen atoms in total.